The van der Waals surface area contributed by atoms with Crippen LogP contribution in [0.4, 0.5) is 5.69 Å². The summed E-state index contributed by atoms with van der Waals surface area (Å²) in [5, 5.41) is 5.04. The second-order valence-electron chi connectivity index (χ2n) is 4.43. The number of halogens is 1. The maximum Gasteiger partial charge on any atom is 0.182 e. The summed E-state index contributed by atoms with van der Waals surface area (Å²) in [7, 11) is 1.92. The molecule has 17 heavy (non-hydrogen) atoms. The van der Waals surface area contributed by atoms with Gasteiger partial charge in [0, 0.05) is 24.2 Å². The largest absolute Gasteiger partial charge is 0.399 e. The summed E-state index contributed by atoms with van der Waals surface area (Å²) in [6, 6.07) is 5.37. The molecule has 0 bridgehead atoms. The molecule has 1 saturated carbocycles. The minimum Gasteiger partial charge on any atom is -0.399 e. The van der Waals surface area contributed by atoms with Gasteiger partial charge in [0.05, 0.1) is 5.02 Å². The fraction of sp³-hybridized carbons (Fsp3) is 0.333. The molecule has 0 spiro atoms. The van der Waals surface area contributed by atoms with Crippen LogP contribution in [0, 0.1) is 0 Å². The Labute approximate surface area is 104 Å². The van der Waals surface area contributed by atoms with E-state index in [0.29, 0.717) is 22.5 Å². The van der Waals surface area contributed by atoms with Crippen molar-refractivity contribution >= 4 is 17.3 Å². The Balaban J connectivity index is 2.08. The molecule has 5 heteroatoms. The number of benzene rings is 1. The Kier molecular flexibility index (Phi) is 2.33. The van der Waals surface area contributed by atoms with Crippen LogP contribution in [0.2, 0.25) is 5.02 Å². The van der Waals surface area contributed by atoms with E-state index in [4.69, 9.17) is 17.3 Å². The molecule has 2 aromatic rings. The maximum absolute atomic E-state index is 6.14. The van der Waals surface area contributed by atoms with Crippen molar-refractivity contribution in [1.82, 2.24) is 14.8 Å². The van der Waals surface area contributed by atoms with Crippen LogP contribution in [-0.4, -0.2) is 14.8 Å². The number of nitrogen functional groups attached to an aromatic ring is 1. The van der Waals surface area contributed by atoms with E-state index in [0.717, 1.165) is 11.4 Å². The average Bonchev–Trinajstić information content (AvgIpc) is 3.06. The van der Waals surface area contributed by atoms with Gasteiger partial charge in [0.1, 0.15) is 5.82 Å². The first kappa shape index (κ1) is 10.6. The van der Waals surface area contributed by atoms with Gasteiger partial charge in [-0.3, -0.25) is 4.68 Å². The molecule has 1 fully saturated rings. The van der Waals surface area contributed by atoms with Crippen molar-refractivity contribution < 1.29 is 0 Å². The summed E-state index contributed by atoms with van der Waals surface area (Å²) < 4.78 is 1.84. The highest BCUT2D eigenvalue weighted by Crippen LogP contribution is 2.39. The van der Waals surface area contributed by atoms with Crippen molar-refractivity contribution in [3.05, 3.63) is 29.0 Å². The van der Waals surface area contributed by atoms with E-state index >= 15 is 0 Å². The molecule has 0 aliphatic heterocycles. The van der Waals surface area contributed by atoms with Crippen LogP contribution in [0.5, 0.6) is 0 Å². The third-order valence-electron chi connectivity index (χ3n) is 2.97. The fourth-order valence-electron chi connectivity index (χ4n) is 1.92. The standard InChI is InChI=1S/C12H13ClN4/c1-17-12(7-2-3-7)15-11(16-17)9-6-8(14)4-5-10(9)13/h4-7H,2-3,14H2,1H3. The van der Waals surface area contributed by atoms with Gasteiger partial charge >= 0.3 is 0 Å². The average molecular weight is 249 g/mol. The predicted octanol–water partition coefficient (Wildman–Crippen LogP) is 2.60. The van der Waals surface area contributed by atoms with E-state index in [-0.39, 0.29) is 0 Å². The van der Waals surface area contributed by atoms with Gasteiger partial charge in [0.2, 0.25) is 0 Å². The van der Waals surface area contributed by atoms with Crippen LogP contribution in [-0.2, 0) is 7.05 Å². The molecule has 1 heterocycles. The smallest absolute Gasteiger partial charge is 0.182 e. The maximum atomic E-state index is 6.14. The van der Waals surface area contributed by atoms with E-state index in [1.54, 1.807) is 12.1 Å². The minimum absolute atomic E-state index is 0.570. The zero-order valence-electron chi connectivity index (χ0n) is 9.52. The van der Waals surface area contributed by atoms with Crippen LogP contribution < -0.4 is 5.73 Å². The van der Waals surface area contributed by atoms with Crippen molar-refractivity contribution in [2.75, 3.05) is 5.73 Å². The molecular formula is C12H13ClN4. The molecule has 0 radical (unpaired) electrons. The molecule has 2 N–H and O–H groups in total. The first-order valence-corrected chi connectivity index (χ1v) is 5.99. The van der Waals surface area contributed by atoms with E-state index < -0.39 is 0 Å². The van der Waals surface area contributed by atoms with Crippen LogP contribution in [0.25, 0.3) is 11.4 Å². The lowest BCUT2D eigenvalue weighted by Gasteiger charge is -2.00. The van der Waals surface area contributed by atoms with E-state index in [1.165, 1.54) is 12.8 Å². The molecule has 1 aliphatic carbocycles. The van der Waals surface area contributed by atoms with Crippen molar-refractivity contribution in [2.45, 2.75) is 18.8 Å². The molecule has 0 atom stereocenters. The highest BCUT2D eigenvalue weighted by molar-refractivity contribution is 6.33. The van der Waals surface area contributed by atoms with Gasteiger partial charge in [0.15, 0.2) is 5.82 Å². The van der Waals surface area contributed by atoms with Gasteiger partial charge in [-0.05, 0) is 31.0 Å². The Morgan fingerprint density at radius 2 is 2.18 bits per heavy atom. The van der Waals surface area contributed by atoms with Gasteiger partial charge in [-0.25, -0.2) is 4.98 Å². The summed E-state index contributed by atoms with van der Waals surface area (Å²) >= 11 is 6.14. The molecule has 0 amide bonds. The fourth-order valence-corrected chi connectivity index (χ4v) is 2.12. The van der Waals surface area contributed by atoms with Crippen molar-refractivity contribution in [3.8, 4) is 11.4 Å². The van der Waals surface area contributed by atoms with Crippen LogP contribution >= 0.6 is 11.6 Å². The molecule has 3 rings (SSSR count). The predicted molar refractivity (Wildman–Crippen MR) is 67.8 cm³/mol. The summed E-state index contributed by atoms with van der Waals surface area (Å²) in [6.07, 6.45) is 2.41. The second kappa shape index (κ2) is 3.74. The van der Waals surface area contributed by atoms with Crippen molar-refractivity contribution in [3.63, 3.8) is 0 Å². The SMILES string of the molecule is Cn1nc(-c2cc(N)ccc2Cl)nc1C1CC1. The summed E-state index contributed by atoms with van der Waals surface area (Å²) in [6.45, 7) is 0. The van der Waals surface area contributed by atoms with Gasteiger partial charge in [0.25, 0.3) is 0 Å². The normalized spacial score (nSPS) is 15.2. The number of rotatable bonds is 2. The highest BCUT2D eigenvalue weighted by atomic mass is 35.5. The first-order chi connectivity index (χ1) is 8.15. The van der Waals surface area contributed by atoms with Crippen molar-refractivity contribution in [2.24, 2.45) is 7.05 Å². The highest BCUT2D eigenvalue weighted by Gasteiger charge is 2.29. The zero-order chi connectivity index (χ0) is 12.0. The number of hydrogen-bond donors (Lipinski definition) is 1. The topological polar surface area (TPSA) is 56.7 Å². The van der Waals surface area contributed by atoms with E-state index in [1.807, 2.05) is 17.8 Å². The molecule has 0 unspecified atom stereocenters. The van der Waals surface area contributed by atoms with Gasteiger partial charge < -0.3 is 5.73 Å². The van der Waals surface area contributed by atoms with E-state index in [2.05, 4.69) is 10.1 Å². The zero-order valence-corrected chi connectivity index (χ0v) is 10.3. The lowest BCUT2D eigenvalue weighted by atomic mass is 10.2. The lowest BCUT2D eigenvalue weighted by molar-refractivity contribution is 0.705. The number of aryl methyl sites for hydroxylation is 1. The Morgan fingerprint density at radius 1 is 1.41 bits per heavy atom. The molecule has 1 aromatic heterocycles. The van der Waals surface area contributed by atoms with Crippen LogP contribution in [0.3, 0.4) is 0 Å². The van der Waals surface area contributed by atoms with Crippen molar-refractivity contribution in [1.29, 1.82) is 0 Å². The molecule has 88 valence electrons. The minimum atomic E-state index is 0.570. The number of aromatic nitrogens is 3. The van der Waals surface area contributed by atoms with Crippen LogP contribution in [0.15, 0.2) is 18.2 Å². The number of hydrogen-bond acceptors (Lipinski definition) is 3. The van der Waals surface area contributed by atoms with Gasteiger partial charge in [-0.1, -0.05) is 11.6 Å². The third kappa shape index (κ3) is 1.89. The molecule has 0 saturated heterocycles. The number of anilines is 1. The van der Waals surface area contributed by atoms with E-state index in [9.17, 15) is 0 Å². The molecule has 4 nitrogen and oxygen atoms in total. The third-order valence-corrected chi connectivity index (χ3v) is 3.30. The van der Waals surface area contributed by atoms with Gasteiger partial charge in [-0.15, -0.1) is 0 Å². The molecular weight excluding hydrogens is 236 g/mol. The molecule has 1 aliphatic rings. The van der Waals surface area contributed by atoms with Gasteiger partial charge in [-0.2, -0.15) is 5.10 Å². The summed E-state index contributed by atoms with van der Waals surface area (Å²) in [5.74, 6) is 2.27. The first-order valence-electron chi connectivity index (χ1n) is 5.61. The number of nitrogens with two attached hydrogens (primary N) is 1. The summed E-state index contributed by atoms with van der Waals surface area (Å²) in [4.78, 5) is 4.56. The quantitative estimate of drug-likeness (QED) is 0.831. The Bertz CT molecular complexity index is 572. The molecule has 1 aromatic carbocycles. The lowest BCUT2D eigenvalue weighted by Crippen LogP contribution is -1.96. The monoisotopic (exact) mass is 248 g/mol. The second-order valence-corrected chi connectivity index (χ2v) is 4.84. The Hall–Kier alpha value is -1.55. The summed E-state index contributed by atoms with van der Waals surface area (Å²) in [5.41, 5.74) is 7.23. The Morgan fingerprint density at radius 3 is 2.88 bits per heavy atom. The van der Waals surface area contributed by atoms with Crippen LogP contribution in [0.1, 0.15) is 24.6 Å². The number of nitrogens with zero attached hydrogens (tertiary/aromatic N) is 3.